The molecule has 0 bridgehead atoms. The first kappa shape index (κ1) is 21.2. The first-order valence-corrected chi connectivity index (χ1v) is 10.1. The van der Waals surface area contributed by atoms with E-state index in [9.17, 15) is 4.79 Å². The van der Waals surface area contributed by atoms with E-state index >= 15 is 0 Å². The second kappa shape index (κ2) is 8.22. The van der Waals surface area contributed by atoms with Gasteiger partial charge in [-0.2, -0.15) is 5.10 Å². The molecule has 0 atom stereocenters. The van der Waals surface area contributed by atoms with Gasteiger partial charge in [0, 0.05) is 38.2 Å². The van der Waals surface area contributed by atoms with Crippen LogP contribution in [0.3, 0.4) is 0 Å². The number of amides is 1. The predicted molar refractivity (Wildman–Crippen MR) is 122 cm³/mol. The molecule has 0 saturated heterocycles. The fourth-order valence-corrected chi connectivity index (χ4v) is 3.39. The predicted octanol–water partition coefficient (Wildman–Crippen LogP) is 1.19. The molecule has 1 aromatic carbocycles. The third kappa shape index (κ3) is 4.20. The molecule has 0 aliphatic heterocycles. The minimum atomic E-state index is -0.473. The minimum Gasteiger partial charge on any atom is -0.578 e. The summed E-state index contributed by atoms with van der Waals surface area (Å²) in [4.78, 5) is 25.6. The van der Waals surface area contributed by atoms with Gasteiger partial charge in [0.15, 0.2) is 0 Å². The lowest BCUT2D eigenvalue weighted by Crippen LogP contribution is -2.26. The number of hydrogen-bond acceptors (Lipinski definition) is 6. The van der Waals surface area contributed by atoms with Crippen molar-refractivity contribution in [2.75, 3.05) is 19.8 Å². The van der Waals surface area contributed by atoms with Gasteiger partial charge < -0.3 is 15.7 Å². The number of amidine groups is 1. The van der Waals surface area contributed by atoms with Gasteiger partial charge in [0.1, 0.15) is 17.9 Å². The van der Waals surface area contributed by atoms with E-state index in [-0.39, 0.29) is 30.1 Å². The van der Waals surface area contributed by atoms with Gasteiger partial charge in [-0.05, 0) is 24.0 Å². The molecule has 10 heteroatoms. The lowest BCUT2D eigenvalue weighted by Gasteiger charge is -2.14. The van der Waals surface area contributed by atoms with Gasteiger partial charge in [0.05, 0.1) is 11.6 Å². The maximum absolute atomic E-state index is 11.8. The number of hydrogen-bond donors (Lipinski definition) is 2. The summed E-state index contributed by atoms with van der Waals surface area (Å²) in [5.74, 6) is 0.250. The number of carbonyl (C=O) groups excluding carboxylic acids is 1. The maximum Gasteiger partial charge on any atom is 0.369 e. The Morgan fingerprint density at radius 2 is 1.84 bits per heavy atom. The first-order valence-electron chi connectivity index (χ1n) is 10.1. The number of nitrogen functional groups attached to an aromatic ring is 1. The first-order chi connectivity index (χ1) is 15.3. The van der Waals surface area contributed by atoms with Gasteiger partial charge >= 0.3 is 5.90 Å². The molecule has 0 spiro atoms. The van der Waals surface area contributed by atoms with Crippen molar-refractivity contribution in [3.63, 3.8) is 0 Å². The highest BCUT2D eigenvalue weighted by Gasteiger charge is 2.49. The molecule has 164 valence electrons. The van der Waals surface area contributed by atoms with Crippen LogP contribution in [0, 0.1) is 5.41 Å². The van der Waals surface area contributed by atoms with Crippen molar-refractivity contribution in [3.8, 4) is 11.1 Å². The number of carbonyl (C=O) groups is 1. The largest absolute Gasteiger partial charge is 0.578 e. The molecule has 3 aromatic rings. The molecule has 1 amide bonds. The van der Waals surface area contributed by atoms with Gasteiger partial charge in [0.25, 0.3) is 0 Å². The summed E-state index contributed by atoms with van der Waals surface area (Å²) in [6, 6.07) is 7.90. The van der Waals surface area contributed by atoms with Crippen molar-refractivity contribution < 1.29 is 9.90 Å². The van der Waals surface area contributed by atoms with E-state index in [0.717, 1.165) is 29.5 Å². The zero-order valence-electron chi connectivity index (χ0n) is 17.9. The van der Waals surface area contributed by atoms with Crippen molar-refractivity contribution in [2.45, 2.75) is 24.8 Å². The van der Waals surface area contributed by atoms with Crippen LogP contribution < -0.4 is 5.73 Å². The highest BCUT2D eigenvalue weighted by Crippen LogP contribution is 2.49. The average molecular weight is 433 g/mol. The Balaban J connectivity index is 1.49. The van der Waals surface area contributed by atoms with E-state index in [1.807, 2.05) is 24.3 Å². The summed E-state index contributed by atoms with van der Waals surface area (Å²) < 4.78 is 1.47. The monoisotopic (exact) mass is 433 g/mol. The highest BCUT2D eigenvalue weighted by atomic mass is 16.3. The number of anilines is 1. The number of nitrogens with two attached hydrogens (primary N) is 1. The van der Waals surface area contributed by atoms with E-state index in [2.05, 4.69) is 20.1 Å². The molecule has 1 aliphatic carbocycles. The van der Waals surface area contributed by atoms with Gasteiger partial charge in [0.2, 0.25) is 11.9 Å². The summed E-state index contributed by atoms with van der Waals surface area (Å²) >= 11 is 0. The van der Waals surface area contributed by atoms with Crippen LogP contribution >= 0.6 is 0 Å². The quantitative estimate of drug-likeness (QED) is 0.340. The van der Waals surface area contributed by atoms with Crippen LogP contribution in [0.25, 0.3) is 11.1 Å². The van der Waals surface area contributed by atoms with Crippen LogP contribution in [0.5, 0.6) is 0 Å². The van der Waals surface area contributed by atoms with Gasteiger partial charge in [-0.25, -0.2) is 9.97 Å². The molecule has 2 aromatic heterocycles. The fraction of sp³-hybridized carbons (Fsp3) is 0.273. The molecule has 1 aliphatic rings. The van der Waals surface area contributed by atoms with Crippen LogP contribution in [-0.2, 0) is 16.8 Å². The van der Waals surface area contributed by atoms with E-state index in [1.165, 1.54) is 15.8 Å². The Labute approximate surface area is 185 Å². The topological polar surface area (TPSA) is 149 Å². The van der Waals surface area contributed by atoms with Crippen LogP contribution in [0.1, 0.15) is 24.0 Å². The molecule has 1 fully saturated rings. The number of likely N-dealkylation sites (N-methyl/N-ethyl adjacent to an activating group) is 1. The summed E-state index contributed by atoms with van der Waals surface area (Å²) in [5, 5.41) is 21.0. The molecular weight excluding hydrogens is 408 g/mol. The summed E-state index contributed by atoms with van der Waals surface area (Å²) in [6.45, 7) is 0.0903. The number of nitrogens with one attached hydrogen (secondary N) is 1. The summed E-state index contributed by atoms with van der Waals surface area (Å²) in [6.07, 6.45) is 8.06. The number of aromatic nitrogens is 4. The zero-order valence-corrected chi connectivity index (χ0v) is 17.9. The standard InChI is InChI=1S/C22H24N8O2/c1-29(2)18(31)13-30-12-16(11-27-30)19(32)28-20(23)22(7-8-22)17-5-3-14(4-6-17)15-9-25-21(24)26-10-15/h3-6,9-12H,7-8,13H2,1-2H3,(H2,23,28,32)(H2,24,25,26)/p+1. The Morgan fingerprint density at radius 1 is 1.19 bits per heavy atom. The highest BCUT2D eigenvalue weighted by molar-refractivity contribution is 6.05. The van der Waals surface area contributed by atoms with Crippen LogP contribution in [0.2, 0.25) is 0 Å². The molecular formula is C22H25N8O2+. The number of aliphatic imine (C=N–C) groups is 1. The van der Waals surface area contributed by atoms with E-state index in [4.69, 9.17) is 16.2 Å². The molecule has 0 radical (unpaired) electrons. The molecule has 0 unspecified atom stereocenters. The minimum absolute atomic E-state index is 0.0412. The van der Waals surface area contributed by atoms with Crippen LogP contribution in [0.4, 0.5) is 5.95 Å². The molecule has 32 heavy (non-hydrogen) atoms. The van der Waals surface area contributed by atoms with Crippen molar-refractivity contribution in [3.05, 3.63) is 60.2 Å². The van der Waals surface area contributed by atoms with E-state index in [0.29, 0.717) is 5.56 Å². The van der Waals surface area contributed by atoms with Gasteiger partial charge in [-0.15, -0.1) is 4.99 Å². The second-order valence-electron chi connectivity index (χ2n) is 8.01. The Hall–Kier alpha value is -4.08. The Bertz CT molecular complexity index is 1180. The van der Waals surface area contributed by atoms with Crippen molar-refractivity contribution in [2.24, 2.45) is 4.99 Å². The third-order valence-corrected chi connectivity index (χ3v) is 5.57. The van der Waals surface area contributed by atoms with E-state index in [1.54, 1.807) is 32.7 Å². The smallest absolute Gasteiger partial charge is 0.369 e. The molecule has 2 heterocycles. The van der Waals surface area contributed by atoms with Gasteiger partial charge in [-0.1, -0.05) is 24.3 Å². The van der Waals surface area contributed by atoms with E-state index < -0.39 is 5.41 Å². The SMILES string of the molecule is CN(C)C(=O)Cn1cc(C([OH2+])=NC(=N)C2(c3ccc(-c4cnc(N)nc4)cc3)CC2)cn1. The molecule has 1 saturated carbocycles. The van der Waals surface area contributed by atoms with Crippen LogP contribution in [-0.4, -0.2) is 61.5 Å². The normalized spacial score (nSPS) is 14.8. The lowest BCUT2D eigenvalue weighted by atomic mass is 9.93. The third-order valence-electron chi connectivity index (χ3n) is 5.57. The number of nitrogens with zero attached hydrogens (tertiary/aromatic N) is 6. The maximum atomic E-state index is 11.8. The van der Waals surface area contributed by atoms with Crippen molar-refractivity contribution >= 4 is 23.6 Å². The van der Waals surface area contributed by atoms with Crippen LogP contribution in [0.15, 0.2) is 54.0 Å². The van der Waals surface area contributed by atoms with Gasteiger partial charge in [-0.3, -0.25) is 14.9 Å². The summed E-state index contributed by atoms with van der Waals surface area (Å²) in [5.41, 5.74) is 8.36. The van der Waals surface area contributed by atoms with Crippen molar-refractivity contribution in [1.82, 2.24) is 24.6 Å². The molecule has 4 rings (SSSR count). The fourth-order valence-electron chi connectivity index (χ4n) is 3.39. The lowest BCUT2D eigenvalue weighted by molar-refractivity contribution is -0.129. The molecule has 10 nitrogen and oxygen atoms in total. The zero-order chi connectivity index (χ0) is 22.9. The Morgan fingerprint density at radius 3 is 2.44 bits per heavy atom. The number of benzene rings is 1. The average Bonchev–Trinajstić information content (AvgIpc) is 3.47. The Kier molecular flexibility index (Phi) is 5.43. The number of rotatable bonds is 6. The second-order valence-corrected chi connectivity index (χ2v) is 8.01. The summed E-state index contributed by atoms with van der Waals surface area (Å²) in [7, 11) is 3.35. The molecule has 5 N–H and O–H groups in total. The van der Waals surface area contributed by atoms with Crippen molar-refractivity contribution in [1.29, 1.82) is 5.41 Å².